The molecule has 1 N–H and O–H groups in total. The number of methoxy groups -OCH3 is 2. The number of nitrogens with one attached hydrogen (secondary N) is 1. The van der Waals surface area contributed by atoms with E-state index in [1.165, 1.54) is 32.6 Å². The van der Waals surface area contributed by atoms with Crippen LogP contribution < -0.4 is 14.9 Å². The predicted octanol–water partition coefficient (Wildman–Crippen LogP) is 3.39. The standard InChI is InChI=1S/C16H16ClN3O4/c1-23-15-8-16(24-2)14(20(21)22)7-12(15)10-19-18-9-11-3-5-13(17)6-4-11/h3-8,10,18H,9H2,1-2H3/b19-10-. The number of nitro benzene ring substituents is 1. The maximum Gasteiger partial charge on any atom is 0.311 e. The molecule has 0 spiro atoms. The molecule has 0 bridgehead atoms. The first-order chi connectivity index (χ1) is 11.5. The molecule has 2 rings (SSSR count). The molecule has 2 aromatic carbocycles. The van der Waals surface area contributed by atoms with Gasteiger partial charge < -0.3 is 14.9 Å². The smallest absolute Gasteiger partial charge is 0.311 e. The van der Waals surface area contributed by atoms with Crippen LogP contribution in [0.15, 0.2) is 41.5 Å². The molecule has 0 saturated carbocycles. The summed E-state index contributed by atoms with van der Waals surface area (Å²) in [6.07, 6.45) is 1.46. The van der Waals surface area contributed by atoms with E-state index >= 15 is 0 Å². The number of hydrogen-bond acceptors (Lipinski definition) is 6. The van der Waals surface area contributed by atoms with Crippen LogP contribution >= 0.6 is 11.6 Å². The van der Waals surface area contributed by atoms with Crippen molar-refractivity contribution >= 4 is 23.5 Å². The average molecular weight is 350 g/mol. The lowest BCUT2D eigenvalue weighted by Gasteiger charge is -2.08. The third-order valence-corrected chi connectivity index (χ3v) is 3.47. The summed E-state index contributed by atoms with van der Waals surface area (Å²) in [6, 6.07) is 10.1. The first-order valence-electron chi connectivity index (χ1n) is 6.96. The van der Waals surface area contributed by atoms with Crippen LogP contribution in [0, 0.1) is 10.1 Å². The van der Waals surface area contributed by atoms with Gasteiger partial charge in [-0.15, -0.1) is 0 Å². The van der Waals surface area contributed by atoms with Gasteiger partial charge in [-0.1, -0.05) is 23.7 Å². The van der Waals surface area contributed by atoms with Gasteiger partial charge in [-0.2, -0.15) is 5.10 Å². The normalized spacial score (nSPS) is 10.6. The molecule has 8 heteroatoms. The van der Waals surface area contributed by atoms with E-state index < -0.39 is 4.92 Å². The summed E-state index contributed by atoms with van der Waals surface area (Å²) in [5.74, 6) is 0.553. The fourth-order valence-electron chi connectivity index (χ4n) is 2.00. The SMILES string of the molecule is COc1cc(OC)c([N+](=O)[O-])cc1/C=N\NCc1ccc(Cl)cc1. The third-order valence-electron chi connectivity index (χ3n) is 3.22. The number of halogens is 1. The van der Waals surface area contributed by atoms with Crippen LogP contribution in [0.5, 0.6) is 11.5 Å². The van der Waals surface area contributed by atoms with Crippen molar-refractivity contribution in [1.82, 2.24) is 5.43 Å². The molecule has 0 aliphatic carbocycles. The first kappa shape index (κ1) is 17.6. The van der Waals surface area contributed by atoms with Crippen LogP contribution in [-0.4, -0.2) is 25.4 Å². The maximum absolute atomic E-state index is 11.1. The van der Waals surface area contributed by atoms with E-state index in [-0.39, 0.29) is 11.4 Å². The largest absolute Gasteiger partial charge is 0.496 e. The minimum atomic E-state index is -0.517. The molecular weight excluding hydrogens is 334 g/mol. The van der Waals surface area contributed by atoms with Crippen LogP contribution in [0.3, 0.4) is 0 Å². The van der Waals surface area contributed by atoms with Gasteiger partial charge in [0, 0.05) is 22.7 Å². The zero-order valence-electron chi connectivity index (χ0n) is 13.2. The van der Waals surface area contributed by atoms with Crippen molar-refractivity contribution in [2.75, 3.05) is 14.2 Å². The Morgan fingerprint density at radius 3 is 2.46 bits per heavy atom. The van der Waals surface area contributed by atoms with Crippen molar-refractivity contribution in [2.45, 2.75) is 6.54 Å². The third kappa shape index (κ3) is 4.36. The van der Waals surface area contributed by atoms with Gasteiger partial charge in [0.2, 0.25) is 5.75 Å². The van der Waals surface area contributed by atoms with E-state index in [4.69, 9.17) is 21.1 Å². The second-order valence-electron chi connectivity index (χ2n) is 4.74. The molecule has 0 aromatic heterocycles. The van der Waals surface area contributed by atoms with Crippen LogP contribution in [0.4, 0.5) is 5.69 Å². The first-order valence-corrected chi connectivity index (χ1v) is 7.33. The lowest BCUT2D eigenvalue weighted by molar-refractivity contribution is -0.385. The topological polar surface area (TPSA) is 86.0 Å². The molecule has 0 aliphatic rings. The average Bonchev–Trinajstić information content (AvgIpc) is 2.59. The Bertz CT molecular complexity index is 748. The molecule has 0 fully saturated rings. The molecule has 0 heterocycles. The zero-order valence-corrected chi connectivity index (χ0v) is 13.9. The molecule has 0 radical (unpaired) electrons. The van der Waals surface area contributed by atoms with Crippen LogP contribution in [0.25, 0.3) is 0 Å². The molecule has 24 heavy (non-hydrogen) atoms. The quantitative estimate of drug-likeness (QED) is 0.470. The highest BCUT2D eigenvalue weighted by molar-refractivity contribution is 6.30. The summed E-state index contributed by atoms with van der Waals surface area (Å²) in [5, 5.41) is 15.8. The number of hydrogen-bond donors (Lipinski definition) is 1. The molecule has 126 valence electrons. The number of benzene rings is 2. The number of nitro groups is 1. The Labute approximate surface area is 144 Å². The summed E-state index contributed by atoms with van der Waals surface area (Å²) in [7, 11) is 2.84. The van der Waals surface area contributed by atoms with E-state index in [0.29, 0.717) is 22.9 Å². The van der Waals surface area contributed by atoms with Crippen LogP contribution in [0.1, 0.15) is 11.1 Å². The van der Waals surface area contributed by atoms with Gasteiger partial charge in [0.25, 0.3) is 0 Å². The number of rotatable bonds is 7. The van der Waals surface area contributed by atoms with Crippen molar-refractivity contribution < 1.29 is 14.4 Å². The summed E-state index contributed by atoms with van der Waals surface area (Å²) in [4.78, 5) is 10.6. The number of hydrazone groups is 1. The van der Waals surface area contributed by atoms with Crippen molar-refractivity contribution in [3.63, 3.8) is 0 Å². The van der Waals surface area contributed by atoms with Gasteiger partial charge >= 0.3 is 5.69 Å². The van der Waals surface area contributed by atoms with Crippen molar-refractivity contribution in [3.05, 3.63) is 62.7 Å². The molecule has 0 saturated heterocycles. The molecule has 0 unspecified atom stereocenters. The van der Waals surface area contributed by atoms with E-state index in [2.05, 4.69) is 10.5 Å². The van der Waals surface area contributed by atoms with E-state index in [1.54, 1.807) is 12.1 Å². The molecule has 0 aliphatic heterocycles. The van der Waals surface area contributed by atoms with Crippen LogP contribution in [0.2, 0.25) is 5.02 Å². The highest BCUT2D eigenvalue weighted by atomic mass is 35.5. The Morgan fingerprint density at radius 1 is 1.21 bits per heavy atom. The Morgan fingerprint density at radius 2 is 1.88 bits per heavy atom. The lowest BCUT2D eigenvalue weighted by Crippen LogP contribution is -2.06. The fourth-order valence-corrected chi connectivity index (χ4v) is 2.13. The second kappa shape index (κ2) is 8.16. The van der Waals surface area contributed by atoms with Gasteiger partial charge in [-0.05, 0) is 17.7 Å². The van der Waals surface area contributed by atoms with Crippen LogP contribution in [-0.2, 0) is 6.54 Å². The molecule has 0 atom stereocenters. The summed E-state index contributed by atoms with van der Waals surface area (Å²) in [6.45, 7) is 0.494. The van der Waals surface area contributed by atoms with Gasteiger partial charge in [0.05, 0.1) is 31.9 Å². The minimum absolute atomic E-state index is 0.128. The van der Waals surface area contributed by atoms with E-state index in [1.807, 2.05) is 12.1 Å². The highest BCUT2D eigenvalue weighted by Crippen LogP contribution is 2.33. The number of nitrogens with zero attached hydrogens (tertiary/aromatic N) is 2. The Balaban J connectivity index is 2.13. The summed E-state index contributed by atoms with van der Waals surface area (Å²) in [5.41, 5.74) is 4.18. The van der Waals surface area contributed by atoms with Gasteiger partial charge in [0.1, 0.15) is 5.75 Å². The number of ether oxygens (including phenoxy) is 2. The minimum Gasteiger partial charge on any atom is -0.496 e. The van der Waals surface area contributed by atoms with E-state index in [0.717, 1.165) is 5.56 Å². The van der Waals surface area contributed by atoms with Gasteiger partial charge in [-0.25, -0.2) is 0 Å². The molecule has 2 aromatic rings. The van der Waals surface area contributed by atoms with Crippen molar-refractivity contribution in [2.24, 2.45) is 5.10 Å². The second-order valence-corrected chi connectivity index (χ2v) is 5.18. The van der Waals surface area contributed by atoms with Gasteiger partial charge in [-0.3, -0.25) is 10.1 Å². The molecule has 7 nitrogen and oxygen atoms in total. The lowest BCUT2D eigenvalue weighted by atomic mass is 10.1. The summed E-state index contributed by atoms with van der Waals surface area (Å²) < 4.78 is 10.2. The molecule has 0 amide bonds. The monoisotopic (exact) mass is 349 g/mol. The predicted molar refractivity (Wildman–Crippen MR) is 92.1 cm³/mol. The van der Waals surface area contributed by atoms with E-state index in [9.17, 15) is 10.1 Å². The highest BCUT2D eigenvalue weighted by Gasteiger charge is 2.18. The van der Waals surface area contributed by atoms with Crippen molar-refractivity contribution in [1.29, 1.82) is 0 Å². The van der Waals surface area contributed by atoms with Crippen molar-refractivity contribution in [3.8, 4) is 11.5 Å². The Hall–Kier alpha value is -2.80. The fraction of sp³-hybridized carbons (Fsp3) is 0.188. The zero-order chi connectivity index (χ0) is 17.5. The van der Waals surface area contributed by atoms with Gasteiger partial charge in [0.15, 0.2) is 0 Å². The summed E-state index contributed by atoms with van der Waals surface area (Å²) >= 11 is 5.82. The maximum atomic E-state index is 11.1. The Kier molecular flexibility index (Phi) is 5.97. The molecular formula is C16H16ClN3O4.